The van der Waals surface area contributed by atoms with E-state index in [1.807, 2.05) is 19.9 Å². The van der Waals surface area contributed by atoms with Crippen molar-refractivity contribution in [1.82, 2.24) is 0 Å². The van der Waals surface area contributed by atoms with Crippen molar-refractivity contribution in [2.75, 3.05) is 0 Å². The molecule has 0 bridgehead atoms. The summed E-state index contributed by atoms with van der Waals surface area (Å²) in [7, 11) is 0. The zero-order valence-electron chi connectivity index (χ0n) is 15.0. The van der Waals surface area contributed by atoms with E-state index < -0.39 is 17.2 Å². The topological polar surface area (TPSA) is 60.4 Å². The van der Waals surface area contributed by atoms with E-state index in [1.54, 1.807) is 0 Å². The second-order valence-corrected chi connectivity index (χ2v) is 8.35. The number of carbonyl (C=O) groups excluding carboxylic acids is 3. The lowest BCUT2D eigenvalue weighted by molar-refractivity contribution is -0.162. The van der Waals surface area contributed by atoms with Gasteiger partial charge >= 0.3 is 0 Å². The maximum atomic E-state index is 13.0. The molecule has 0 radical (unpaired) electrons. The lowest BCUT2D eigenvalue weighted by Crippen LogP contribution is -2.56. The van der Waals surface area contributed by atoms with Crippen molar-refractivity contribution in [2.24, 2.45) is 17.3 Å². The number of rotatable bonds is 3. The Balaban J connectivity index is 2.20. The van der Waals surface area contributed by atoms with Gasteiger partial charge in [0.25, 0.3) is 6.47 Å². The Morgan fingerprint density at radius 2 is 1.92 bits per heavy atom. The van der Waals surface area contributed by atoms with Crippen LogP contribution in [0.5, 0.6) is 0 Å². The van der Waals surface area contributed by atoms with Gasteiger partial charge in [-0.15, -0.1) is 0 Å². The minimum absolute atomic E-state index is 0.0129. The highest BCUT2D eigenvalue weighted by Crippen LogP contribution is 2.57. The van der Waals surface area contributed by atoms with Crippen LogP contribution >= 0.6 is 0 Å². The molecule has 0 N–H and O–H groups in total. The van der Waals surface area contributed by atoms with E-state index in [2.05, 4.69) is 13.8 Å². The minimum atomic E-state index is -0.928. The largest absolute Gasteiger partial charge is 0.456 e. The summed E-state index contributed by atoms with van der Waals surface area (Å²) in [6, 6.07) is 0. The van der Waals surface area contributed by atoms with Crippen LogP contribution in [-0.2, 0) is 19.1 Å². The normalized spacial score (nSPS) is 32.2. The average molecular weight is 330 g/mol. The minimum Gasteiger partial charge on any atom is -0.456 e. The fourth-order valence-electron chi connectivity index (χ4n) is 5.10. The molecule has 0 amide bonds. The SMILES string of the molecule is CC(C)C1=CC2=C(C(=O)C1=O)[C@@]1(OC=O)CCCC(C)(C)[C@@H]1CC2. The Labute approximate surface area is 143 Å². The molecule has 3 aliphatic rings. The predicted octanol–water partition coefficient (Wildman–Crippen LogP) is 3.55. The summed E-state index contributed by atoms with van der Waals surface area (Å²) in [6.45, 7) is 8.67. The molecule has 0 unspecified atom stereocenters. The van der Waals surface area contributed by atoms with Gasteiger partial charge in [0.15, 0.2) is 0 Å². The number of allylic oxidation sites excluding steroid dienone is 3. The van der Waals surface area contributed by atoms with E-state index in [0.29, 0.717) is 24.0 Å². The van der Waals surface area contributed by atoms with Crippen molar-refractivity contribution in [3.05, 3.63) is 22.8 Å². The number of ketones is 2. The lowest BCUT2D eigenvalue weighted by Gasteiger charge is -2.54. The average Bonchev–Trinajstić information content (AvgIpc) is 2.49. The van der Waals surface area contributed by atoms with Gasteiger partial charge in [0.2, 0.25) is 11.6 Å². The quantitative estimate of drug-likeness (QED) is 0.451. The van der Waals surface area contributed by atoms with E-state index in [0.717, 1.165) is 31.3 Å². The van der Waals surface area contributed by atoms with Crippen LogP contribution < -0.4 is 0 Å². The van der Waals surface area contributed by atoms with Crippen LogP contribution in [0.15, 0.2) is 22.8 Å². The molecule has 0 heterocycles. The second kappa shape index (κ2) is 5.68. The van der Waals surface area contributed by atoms with Crippen molar-refractivity contribution in [1.29, 1.82) is 0 Å². The molecule has 0 spiro atoms. The number of Topliss-reactive ketones (excluding diaryl/α,β-unsaturated/α-hetero) is 2. The monoisotopic (exact) mass is 330 g/mol. The second-order valence-electron chi connectivity index (χ2n) is 8.35. The van der Waals surface area contributed by atoms with E-state index in [4.69, 9.17) is 4.74 Å². The molecule has 0 aromatic heterocycles. The standard InChI is InChI=1S/C20H26O4/c1-12(2)14-10-13-6-7-15-19(3,4)8-5-9-20(15,24-11-21)16(13)18(23)17(14)22/h10-12,15H,5-9H2,1-4H3/t15-,20+/m0/s1. The zero-order chi connectivity index (χ0) is 17.7. The molecular weight excluding hydrogens is 304 g/mol. The van der Waals surface area contributed by atoms with Crippen LogP contribution in [-0.4, -0.2) is 23.6 Å². The highest BCUT2D eigenvalue weighted by atomic mass is 16.5. The van der Waals surface area contributed by atoms with Gasteiger partial charge < -0.3 is 4.74 Å². The van der Waals surface area contributed by atoms with Gasteiger partial charge in [-0.1, -0.05) is 33.8 Å². The van der Waals surface area contributed by atoms with Crippen LogP contribution in [0, 0.1) is 17.3 Å². The van der Waals surface area contributed by atoms with Crippen molar-refractivity contribution < 1.29 is 19.1 Å². The molecule has 4 nitrogen and oxygen atoms in total. The number of fused-ring (bicyclic) bond motifs is 2. The van der Waals surface area contributed by atoms with Crippen LogP contribution in [0.2, 0.25) is 0 Å². The van der Waals surface area contributed by atoms with Gasteiger partial charge in [0, 0.05) is 11.5 Å². The summed E-state index contributed by atoms with van der Waals surface area (Å²) in [5.41, 5.74) is 0.995. The van der Waals surface area contributed by atoms with Crippen LogP contribution in [0.25, 0.3) is 0 Å². The molecule has 4 heteroatoms. The summed E-state index contributed by atoms with van der Waals surface area (Å²) >= 11 is 0. The predicted molar refractivity (Wildman–Crippen MR) is 90.2 cm³/mol. The summed E-state index contributed by atoms with van der Waals surface area (Å²) in [5, 5.41) is 0. The zero-order valence-corrected chi connectivity index (χ0v) is 15.0. The molecule has 0 aromatic rings. The van der Waals surface area contributed by atoms with E-state index in [-0.39, 0.29) is 17.3 Å². The van der Waals surface area contributed by atoms with Crippen LogP contribution in [0.3, 0.4) is 0 Å². The first-order chi connectivity index (χ1) is 11.2. The van der Waals surface area contributed by atoms with Gasteiger partial charge in [-0.3, -0.25) is 14.4 Å². The third kappa shape index (κ3) is 2.30. The Bertz CT molecular complexity index is 665. The van der Waals surface area contributed by atoms with Gasteiger partial charge in [-0.05, 0) is 49.0 Å². The van der Waals surface area contributed by atoms with Crippen LogP contribution in [0.4, 0.5) is 0 Å². The first-order valence-electron chi connectivity index (χ1n) is 8.90. The van der Waals surface area contributed by atoms with Crippen molar-refractivity contribution in [2.45, 2.75) is 65.4 Å². The molecule has 3 aliphatic carbocycles. The number of hydrogen-bond acceptors (Lipinski definition) is 4. The summed E-state index contributed by atoms with van der Waals surface area (Å²) in [6.07, 6.45) is 6.08. The summed E-state index contributed by atoms with van der Waals surface area (Å²) < 4.78 is 5.65. The molecule has 3 rings (SSSR count). The Kier molecular flexibility index (Phi) is 4.05. The third-order valence-corrected chi connectivity index (χ3v) is 6.23. The number of ether oxygens (including phenoxy) is 1. The fourth-order valence-corrected chi connectivity index (χ4v) is 5.10. The summed E-state index contributed by atoms with van der Waals surface area (Å²) in [4.78, 5) is 36.9. The van der Waals surface area contributed by atoms with Crippen molar-refractivity contribution >= 4 is 18.0 Å². The van der Waals surface area contributed by atoms with E-state index in [1.165, 1.54) is 0 Å². The molecule has 24 heavy (non-hydrogen) atoms. The third-order valence-electron chi connectivity index (χ3n) is 6.23. The Morgan fingerprint density at radius 1 is 1.21 bits per heavy atom. The molecule has 1 saturated carbocycles. The fraction of sp³-hybridized carbons (Fsp3) is 0.650. The molecule has 130 valence electrons. The van der Waals surface area contributed by atoms with E-state index in [9.17, 15) is 14.4 Å². The molecule has 0 aliphatic heterocycles. The molecule has 1 fully saturated rings. The number of carbonyl (C=O) groups is 3. The Hall–Kier alpha value is -1.71. The van der Waals surface area contributed by atoms with E-state index >= 15 is 0 Å². The van der Waals surface area contributed by atoms with Crippen LogP contribution in [0.1, 0.15) is 59.8 Å². The first kappa shape index (κ1) is 17.1. The smallest absolute Gasteiger partial charge is 0.293 e. The lowest BCUT2D eigenvalue weighted by atomic mass is 9.53. The van der Waals surface area contributed by atoms with Gasteiger partial charge in [-0.25, -0.2) is 0 Å². The van der Waals surface area contributed by atoms with Gasteiger partial charge in [0.05, 0.1) is 5.57 Å². The Morgan fingerprint density at radius 3 is 2.54 bits per heavy atom. The highest BCUT2D eigenvalue weighted by Gasteiger charge is 2.58. The maximum Gasteiger partial charge on any atom is 0.293 e. The van der Waals surface area contributed by atoms with Crippen molar-refractivity contribution in [3.8, 4) is 0 Å². The molecule has 0 aromatic carbocycles. The summed E-state index contributed by atoms with van der Waals surface area (Å²) in [5.74, 6) is -0.797. The molecule has 2 atom stereocenters. The maximum absolute atomic E-state index is 13.0. The highest BCUT2D eigenvalue weighted by molar-refractivity contribution is 6.50. The number of hydrogen-bond donors (Lipinski definition) is 0. The first-order valence-corrected chi connectivity index (χ1v) is 8.90. The van der Waals surface area contributed by atoms with Gasteiger partial charge in [-0.2, -0.15) is 0 Å². The molecular formula is C20H26O4. The molecule has 0 saturated heterocycles. The van der Waals surface area contributed by atoms with Gasteiger partial charge in [0.1, 0.15) is 5.60 Å². The van der Waals surface area contributed by atoms with Crippen molar-refractivity contribution in [3.63, 3.8) is 0 Å².